The molecule has 0 saturated heterocycles. The molecule has 8 aromatic rings. The number of fused-ring (bicyclic) bond motifs is 7. The fraction of sp³-hybridized carbons (Fsp3) is 0.0566. The molecule has 12 rings (SSSR count). The first kappa shape index (κ1) is 32.0. The molecule has 2 heterocycles. The van der Waals surface area contributed by atoms with E-state index in [-0.39, 0.29) is 12.1 Å². The molecule has 2 atom stereocenters. The normalized spacial score (nSPS) is 16.3. The smallest absolute Gasteiger partial charge is 0.160 e. The summed E-state index contributed by atoms with van der Waals surface area (Å²) in [6, 6.07) is 68.2. The zero-order valence-electron chi connectivity index (χ0n) is 31.3. The Labute approximate surface area is 331 Å². The van der Waals surface area contributed by atoms with E-state index >= 15 is 0 Å². The molecule has 0 N–H and O–H groups in total. The van der Waals surface area contributed by atoms with Gasteiger partial charge >= 0.3 is 0 Å². The van der Waals surface area contributed by atoms with E-state index < -0.39 is 0 Å². The van der Waals surface area contributed by atoms with E-state index in [1.165, 1.54) is 77.6 Å². The molecule has 268 valence electrons. The van der Waals surface area contributed by atoms with Crippen LogP contribution in [0.4, 0.5) is 0 Å². The van der Waals surface area contributed by atoms with Crippen LogP contribution in [0.1, 0.15) is 45.5 Å². The van der Waals surface area contributed by atoms with Gasteiger partial charge in [-0.25, -0.2) is 9.98 Å². The highest BCUT2D eigenvalue weighted by atomic mass is 15.3. The van der Waals surface area contributed by atoms with Crippen LogP contribution in [0.25, 0.3) is 60.9 Å². The van der Waals surface area contributed by atoms with E-state index in [0.717, 1.165) is 28.4 Å². The van der Waals surface area contributed by atoms with Crippen molar-refractivity contribution < 1.29 is 0 Å². The standard InChI is InChI=1S/C53H36N4/c1-56-52(33-15-5-2-6-16-33)54-51(55-53(56)34-17-7-3-8-18-34)47-32-46(43-31-44(43)47)50-40-23-12-11-21-38(40)42-29-35(25-27-41(42)50)36-26-28-49-45(30-36)39-22-13-14-24-48(39)57(49)37-19-9-4-10-20-37/h2-32,50,52H,1H3. The van der Waals surface area contributed by atoms with Gasteiger partial charge in [0.25, 0.3) is 0 Å². The summed E-state index contributed by atoms with van der Waals surface area (Å²) in [5, 5.41) is 2.53. The van der Waals surface area contributed by atoms with Crippen molar-refractivity contribution in [3.05, 3.63) is 221 Å². The molecule has 0 amide bonds. The minimum Gasteiger partial charge on any atom is -0.333 e. The maximum absolute atomic E-state index is 5.34. The van der Waals surface area contributed by atoms with Gasteiger partial charge in [0.1, 0.15) is 12.0 Å². The molecule has 0 spiro atoms. The molecule has 4 aliphatic rings. The Morgan fingerprint density at radius 1 is 0.439 bits per heavy atom. The first-order valence-corrected chi connectivity index (χ1v) is 19.7. The van der Waals surface area contributed by atoms with Gasteiger partial charge in [0.15, 0.2) is 5.84 Å². The van der Waals surface area contributed by atoms with Crippen molar-refractivity contribution in [2.45, 2.75) is 12.1 Å². The van der Waals surface area contributed by atoms with Gasteiger partial charge in [-0.15, -0.1) is 0 Å². The molecule has 7 aromatic carbocycles. The first-order chi connectivity index (χ1) is 28.2. The van der Waals surface area contributed by atoms with E-state index in [1.807, 2.05) is 0 Å². The van der Waals surface area contributed by atoms with Crippen LogP contribution in [0.5, 0.6) is 0 Å². The van der Waals surface area contributed by atoms with Crippen molar-refractivity contribution in [2.24, 2.45) is 9.98 Å². The molecule has 4 nitrogen and oxygen atoms in total. The SMILES string of the molecule is CN1C(c2ccccc2)=NC(c2cc(C3c4ccccc4-c4cc(-c5ccc6c(c5)c5ccccc5n6-c5ccccc5)ccc43)c3cc2-3)=NC1c1ccccc1. The summed E-state index contributed by atoms with van der Waals surface area (Å²) in [6.45, 7) is 0. The highest BCUT2D eigenvalue weighted by Crippen LogP contribution is 2.55. The molecule has 0 saturated carbocycles. The average Bonchev–Trinajstić information content (AvgIpc) is 3.73. The number of aliphatic imine (C=N–C) groups is 2. The van der Waals surface area contributed by atoms with Crippen LogP contribution < -0.4 is 0 Å². The second-order valence-corrected chi connectivity index (χ2v) is 15.4. The molecular weight excluding hydrogens is 693 g/mol. The second-order valence-electron chi connectivity index (χ2n) is 15.4. The third-order valence-corrected chi connectivity index (χ3v) is 12.2. The van der Waals surface area contributed by atoms with Crippen molar-refractivity contribution in [3.8, 4) is 39.1 Å². The number of amidine groups is 2. The van der Waals surface area contributed by atoms with Gasteiger partial charge < -0.3 is 9.47 Å². The Balaban J connectivity index is 0.958. The van der Waals surface area contributed by atoms with Gasteiger partial charge in [-0.3, -0.25) is 0 Å². The average molecular weight is 729 g/mol. The van der Waals surface area contributed by atoms with Crippen molar-refractivity contribution in [1.29, 1.82) is 0 Å². The van der Waals surface area contributed by atoms with Crippen molar-refractivity contribution in [3.63, 3.8) is 0 Å². The predicted octanol–water partition coefficient (Wildman–Crippen LogP) is 12.4. The van der Waals surface area contributed by atoms with Crippen LogP contribution in [0, 0.1) is 0 Å². The van der Waals surface area contributed by atoms with Gasteiger partial charge in [-0.2, -0.15) is 0 Å². The highest BCUT2D eigenvalue weighted by Gasteiger charge is 2.38. The number of benzene rings is 8. The maximum atomic E-state index is 5.34. The minimum atomic E-state index is -0.179. The van der Waals surface area contributed by atoms with E-state index in [2.05, 4.69) is 205 Å². The fourth-order valence-corrected chi connectivity index (χ4v) is 9.46. The minimum absolute atomic E-state index is 0.132. The van der Waals surface area contributed by atoms with Crippen molar-refractivity contribution in [1.82, 2.24) is 9.47 Å². The van der Waals surface area contributed by atoms with E-state index in [4.69, 9.17) is 9.98 Å². The summed E-state index contributed by atoms with van der Waals surface area (Å²) in [6.07, 6.45) is -0.179. The predicted molar refractivity (Wildman–Crippen MR) is 234 cm³/mol. The lowest BCUT2D eigenvalue weighted by Crippen LogP contribution is -2.35. The van der Waals surface area contributed by atoms with Crippen LogP contribution in [0.2, 0.25) is 0 Å². The third kappa shape index (κ3) is 4.94. The number of hydrogen-bond donors (Lipinski definition) is 0. The summed E-state index contributed by atoms with van der Waals surface area (Å²) in [7, 11) is 2.10. The molecule has 0 fully saturated rings. The topological polar surface area (TPSA) is 32.9 Å². The molecule has 3 aliphatic carbocycles. The lowest BCUT2D eigenvalue weighted by molar-refractivity contribution is 0.383. The van der Waals surface area contributed by atoms with Crippen LogP contribution in [0.15, 0.2) is 198 Å². The molecule has 1 aromatic heterocycles. The van der Waals surface area contributed by atoms with Crippen LogP contribution in [0.3, 0.4) is 0 Å². The number of rotatable bonds is 6. The van der Waals surface area contributed by atoms with E-state index in [0.29, 0.717) is 0 Å². The summed E-state index contributed by atoms with van der Waals surface area (Å²) in [4.78, 5) is 12.8. The van der Waals surface area contributed by atoms with E-state index in [9.17, 15) is 0 Å². The highest BCUT2D eigenvalue weighted by molar-refractivity contribution is 6.18. The Bertz CT molecular complexity index is 3140. The Morgan fingerprint density at radius 2 is 1.09 bits per heavy atom. The lowest BCUT2D eigenvalue weighted by Gasteiger charge is -2.32. The molecular formula is C53H36N4. The maximum Gasteiger partial charge on any atom is 0.160 e. The Hall–Kier alpha value is -7.30. The summed E-state index contributed by atoms with van der Waals surface area (Å²) >= 11 is 0. The van der Waals surface area contributed by atoms with Gasteiger partial charge in [0.05, 0.1) is 11.0 Å². The second kappa shape index (κ2) is 12.4. The number of para-hydroxylation sites is 2. The molecule has 57 heavy (non-hydrogen) atoms. The van der Waals surface area contributed by atoms with Crippen molar-refractivity contribution >= 4 is 33.5 Å². The summed E-state index contributed by atoms with van der Waals surface area (Å²) in [5.41, 5.74) is 18.7. The molecule has 1 aliphatic heterocycles. The van der Waals surface area contributed by atoms with E-state index in [1.54, 1.807) is 0 Å². The quantitative estimate of drug-likeness (QED) is 0.168. The summed E-state index contributed by atoms with van der Waals surface area (Å²) < 4.78 is 2.38. The van der Waals surface area contributed by atoms with Gasteiger partial charge in [-0.1, -0.05) is 140 Å². The lowest BCUT2D eigenvalue weighted by atomic mass is 9.89. The first-order valence-electron chi connectivity index (χ1n) is 19.7. The molecule has 4 heteroatoms. The number of nitrogens with zero attached hydrogens (tertiary/aromatic N) is 4. The molecule has 2 unspecified atom stereocenters. The van der Waals surface area contributed by atoms with Gasteiger partial charge in [0, 0.05) is 40.6 Å². The third-order valence-electron chi connectivity index (χ3n) is 12.2. The zero-order chi connectivity index (χ0) is 37.6. The monoisotopic (exact) mass is 728 g/mol. The number of hydrogen-bond acceptors (Lipinski definition) is 3. The summed E-state index contributed by atoms with van der Waals surface area (Å²) in [5.74, 6) is 1.86. The largest absolute Gasteiger partial charge is 0.333 e. The van der Waals surface area contributed by atoms with Crippen LogP contribution >= 0.6 is 0 Å². The molecule has 0 radical (unpaired) electrons. The number of aromatic nitrogens is 1. The zero-order valence-corrected chi connectivity index (χ0v) is 31.3. The Kier molecular flexibility index (Phi) is 6.93. The van der Waals surface area contributed by atoms with Crippen molar-refractivity contribution in [2.75, 3.05) is 7.05 Å². The van der Waals surface area contributed by atoms with Crippen LogP contribution in [-0.2, 0) is 0 Å². The van der Waals surface area contributed by atoms with Gasteiger partial charge in [-0.05, 0) is 104 Å². The van der Waals surface area contributed by atoms with Crippen LogP contribution in [-0.4, -0.2) is 28.2 Å². The fourth-order valence-electron chi connectivity index (χ4n) is 9.46. The van der Waals surface area contributed by atoms with Gasteiger partial charge in [0.2, 0.25) is 0 Å². The molecule has 0 bridgehead atoms. The Morgan fingerprint density at radius 3 is 1.93 bits per heavy atom.